The summed E-state index contributed by atoms with van der Waals surface area (Å²) >= 11 is 1.69. The molecule has 1 fully saturated rings. The lowest BCUT2D eigenvalue weighted by atomic mass is 10.1. The molecule has 82 valence electrons. The Morgan fingerprint density at radius 2 is 2.40 bits per heavy atom. The fourth-order valence-corrected chi connectivity index (χ4v) is 2.90. The fraction of sp³-hybridized carbons (Fsp3) is 0.600. The number of carbonyl (C=O) groups is 2. The number of thioether (sulfide) groups is 1. The Balaban J connectivity index is 2.00. The number of esters is 1. The van der Waals surface area contributed by atoms with E-state index in [4.69, 9.17) is 4.74 Å². The molecule has 0 radical (unpaired) electrons. The van der Waals surface area contributed by atoms with Crippen LogP contribution in [0.3, 0.4) is 0 Å². The molecule has 0 bridgehead atoms. The summed E-state index contributed by atoms with van der Waals surface area (Å²) in [4.78, 5) is 24.9. The van der Waals surface area contributed by atoms with Gasteiger partial charge in [0.2, 0.25) is 5.91 Å². The zero-order chi connectivity index (χ0) is 11.0. The molecule has 0 aromatic heterocycles. The molecule has 1 atom stereocenters. The fourth-order valence-electron chi connectivity index (χ4n) is 1.66. The summed E-state index contributed by atoms with van der Waals surface area (Å²) in [6, 6.07) is 0. The van der Waals surface area contributed by atoms with E-state index in [0.717, 1.165) is 5.57 Å². The third-order valence-electron chi connectivity index (χ3n) is 2.64. The second-order valence-electron chi connectivity index (χ2n) is 3.74. The summed E-state index contributed by atoms with van der Waals surface area (Å²) < 4.78 is 4.95. The highest BCUT2D eigenvalue weighted by molar-refractivity contribution is 8.03. The number of carbonyl (C=O) groups excluding carboxylic acids is 2. The molecule has 0 saturated carbocycles. The Kier molecular flexibility index (Phi) is 2.73. The van der Waals surface area contributed by atoms with Crippen LogP contribution in [0.2, 0.25) is 0 Å². The van der Waals surface area contributed by atoms with Crippen molar-refractivity contribution in [3.8, 4) is 0 Å². The summed E-state index contributed by atoms with van der Waals surface area (Å²) in [6.45, 7) is 4.34. The predicted molar refractivity (Wildman–Crippen MR) is 57.0 cm³/mol. The van der Waals surface area contributed by atoms with Crippen LogP contribution in [0.5, 0.6) is 0 Å². The first-order valence-electron chi connectivity index (χ1n) is 4.86. The van der Waals surface area contributed by atoms with Gasteiger partial charge in [0.05, 0.1) is 11.8 Å². The molecule has 2 aliphatic rings. The average Bonchev–Trinajstić information content (AvgIpc) is 2.15. The molecular weight excluding hydrogens is 214 g/mol. The van der Waals surface area contributed by atoms with E-state index >= 15 is 0 Å². The zero-order valence-electron chi connectivity index (χ0n) is 8.78. The molecular formula is C10H13NO3S. The maximum absolute atomic E-state index is 11.2. The van der Waals surface area contributed by atoms with Crippen molar-refractivity contribution in [3.05, 3.63) is 10.5 Å². The van der Waals surface area contributed by atoms with Crippen LogP contribution in [0, 0.1) is 0 Å². The van der Waals surface area contributed by atoms with E-state index in [-0.39, 0.29) is 11.9 Å². The summed E-state index contributed by atoms with van der Waals surface area (Å²) in [5.74, 6) is -0.0855. The Labute approximate surface area is 92.6 Å². The highest BCUT2D eigenvalue weighted by Gasteiger charge is 2.40. The quantitative estimate of drug-likeness (QED) is 0.524. The first-order valence-corrected chi connectivity index (χ1v) is 5.74. The Hall–Kier alpha value is -0.970. The highest BCUT2D eigenvalue weighted by Crippen LogP contribution is 2.40. The minimum absolute atomic E-state index is 0.195. The molecule has 0 N–H and O–H groups in total. The minimum atomic E-state index is -0.280. The van der Waals surface area contributed by atoms with Gasteiger partial charge in [-0.2, -0.15) is 0 Å². The number of hydrogen-bond donors (Lipinski definition) is 0. The molecule has 5 heteroatoms. The molecule has 2 aliphatic heterocycles. The van der Waals surface area contributed by atoms with Gasteiger partial charge in [0.25, 0.3) is 0 Å². The number of nitrogens with zero attached hydrogens (tertiary/aromatic N) is 1. The van der Waals surface area contributed by atoms with Gasteiger partial charge in [-0.3, -0.25) is 9.59 Å². The van der Waals surface area contributed by atoms with Crippen LogP contribution in [0.4, 0.5) is 0 Å². The van der Waals surface area contributed by atoms with E-state index in [1.165, 1.54) is 11.8 Å². The van der Waals surface area contributed by atoms with Gasteiger partial charge in [-0.25, -0.2) is 0 Å². The first-order chi connectivity index (χ1) is 7.08. The lowest BCUT2D eigenvalue weighted by molar-refractivity contribution is -0.141. The van der Waals surface area contributed by atoms with E-state index in [9.17, 15) is 9.59 Å². The van der Waals surface area contributed by atoms with Crippen LogP contribution < -0.4 is 0 Å². The van der Waals surface area contributed by atoms with Gasteiger partial charge in [-0.15, -0.1) is 11.8 Å². The van der Waals surface area contributed by atoms with Gasteiger partial charge in [0.1, 0.15) is 6.61 Å². The van der Waals surface area contributed by atoms with E-state index < -0.39 is 0 Å². The first kappa shape index (κ1) is 10.5. The van der Waals surface area contributed by atoms with Crippen LogP contribution in [-0.2, 0) is 14.3 Å². The van der Waals surface area contributed by atoms with E-state index in [1.54, 1.807) is 11.8 Å². The number of hydrogen-bond acceptors (Lipinski definition) is 4. The number of β-lactam (4-membered cyclic amide) rings is 1. The molecule has 15 heavy (non-hydrogen) atoms. The van der Waals surface area contributed by atoms with Gasteiger partial charge in [0.15, 0.2) is 0 Å². The van der Waals surface area contributed by atoms with Crippen molar-refractivity contribution in [2.75, 3.05) is 13.2 Å². The molecule has 4 nitrogen and oxygen atoms in total. The largest absolute Gasteiger partial charge is 0.461 e. The average molecular weight is 227 g/mol. The molecule has 0 unspecified atom stereocenters. The standard InChI is InChI=1S/C10H13NO3S/c1-6-8(5-14-7(2)12)4-11-9(13)3-10(11)15-6/h10H,3-5H2,1-2H3/t10-/m1/s1. The van der Waals surface area contributed by atoms with Crippen molar-refractivity contribution in [1.82, 2.24) is 4.90 Å². The molecule has 0 aromatic carbocycles. The summed E-state index contributed by atoms with van der Waals surface area (Å²) in [5.41, 5.74) is 1.04. The molecule has 0 aliphatic carbocycles. The Morgan fingerprint density at radius 1 is 1.67 bits per heavy atom. The normalized spacial score (nSPS) is 24.8. The van der Waals surface area contributed by atoms with E-state index in [1.807, 2.05) is 11.8 Å². The Bertz CT molecular complexity index is 351. The van der Waals surface area contributed by atoms with Crippen molar-refractivity contribution in [1.29, 1.82) is 0 Å². The highest BCUT2D eigenvalue weighted by atomic mass is 32.2. The zero-order valence-corrected chi connectivity index (χ0v) is 9.60. The Morgan fingerprint density at radius 3 is 3.00 bits per heavy atom. The second kappa shape index (κ2) is 3.89. The summed E-state index contributed by atoms with van der Waals surface area (Å²) in [7, 11) is 0. The molecule has 1 amide bonds. The van der Waals surface area contributed by atoms with Crippen LogP contribution >= 0.6 is 11.8 Å². The van der Waals surface area contributed by atoms with Gasteiger partial charge in [0, 0.05) is 13.5 Å². The van der Waals surface area contributed by atoms with Crippen molar-refractivity contribution in [2.45, 2.75) is 25.6 Å². The predicted octanol–water partition coefficient (Wildman–Crippen LogP) is 1.13. The second-order valence-corrected chi connectivity index (χ2v) is 5.13. The lowest BCUT2D eigenvalue weighted by Crippen LogP contribution is -2.53. The number of fused-ring (bicyclic) bond motifs is 1. The monoisotopic (exact) mass is 227 g/mol. The maximum atomic E-state index is 11.2. The molecule has 0 aromatic rings. The summed E-state index contributed by atoms with van der Waals surface area (Å²) in [6.07, 6.45) is 0.642. The SMILES string of the molecule is CC(=O)OCC1=C(C)S[C@@H]2CC(=O)N2C1. The van der Waals surface area contributed by atoms with Crippen LogP contribution in [-0.4, -0.2) is 35.3 Å². The number of ether oxygens (including phenoxy) is 1. The van der Waals surface area contributed by atoms with Gasteiger partial charge >= 0.3 is 5.97 Å². The van der Waals surface area contributed by atoms with E-state index in [2.05, 4.69) is 0 Å². The molecule has 1 saturated heterocycles. The van der Waals surface area contributed by atoms with Gasteiger partial charge in [-0.1, -0.05) is 0 Å². The van der Waals surface area contributed by atoms with Gasteiger partial charge < -0.3 is 9.64 Å². The maximum Gasteiger partial charge on any atom is 0.302 e. The van der Waals surface area contributed by atoms with Crippen LogP contribution in [0.1, 0.15) is 20.3 Å². The van der Waals surface area contributed by atoms with Crippen molar-refractivity contribution in [3.63, 3.8) is 0 Å². The number of rotatable bonds is 2. The molecule has 2 rings (SSSR count). The smallest absolute Gasteiger partial charge is 0.302 e. The minimum Gasteiger partial charge on any atom is -0.461 e. The molecule has 0 spiro atoms. The van der Waals surface area contributed by atoms with E-state index in [0.29, 0.717) is 24.9 Å². The number of allylic oxidation sites excluding steroid dienone is 1. The lowest BCUT2D eigenvalue weighted by Gasteiger charge is -2.44. The van der Waals surface area contributed by atoms with Gasteiger partial charge in [-0.05, 0) is 17.4 Å². The third kappa shape index (κ3) is 2.02. The molecule has 2 heterocycles. The topological polar surface area (TPSA) is 46.6 Å². The third-order valence-corrected chi connectivity index (χ3v) is 3.97. The van der Waals surface area contributed by atoms with Crippen molar-refractivity contribution in [2.24, 2.45) is 0 Å². The summed E-state index contributed by atoms with van der Waals surface area (Å²) in [5, 5.41) is 0.318. The van der Waals surface area contributed by atoms with Crippen LogP contribution in [0.25, 0.3) is 0 Å². The van der Waals surface area contributed by atoms with Crippen molar-refractivity contribution >= 4 is 23.6 Å². The number of amides is 1. The van der Waals surface area contributed by atoms with Crippen molar-refractivity contribution < 1.29 is 14.3 Å². The van der Waals surface area contributed by atoms with Crippen LogP contribution in [0.15, 0.2) is 10.5 Å².